The molecule has 1 aliphatic heterocycles. The van der Waals surface area contributed by atoms with Crippen LogP contribution in [-0.2, 0) is 4.74 Å². The lowest BCUT2D eigenvalue weighted by molar-refractivity contribution is 0.0204. The molecule has 1 amide bonds. The molecule has 1 aliphatic rings. The molecule has 1 saturated heterocycles. The minimum atomic E-state index is -0.466. The number of carbonyl (C=O) groups is 1. The number of fused-ring (bicyclic) bond motifs is 1. The molecule has 0 N–H and O–H groups in total. The molecule has 28 heavy (non-hydrogen) atoms. The molecule has 4 rings (SSSR count). The molecule has 5 nitrogen and oxygen atoms in total. The van der Waals surface area contributed by atoms with Gasteiger partial charge in [-0.1, -0.05) is 24.3 Å². The van der Waals surface area contributed by atoms with Crippen LogP contribution in [0.5, 0.6) is 0 Å². The summed E-state index contributed by atoms with van der Waals surface area (Å²) in [4.78, 5) is 25.0. The number of likely N-dealkylation sites (tertiary alicyclic amines) is 1. The first-order valence-electron chi connectivity index (χ1n) is 9.69. The van der Waals surface area contributed by atoms with Gasteiger partial charge in [-0.15, -0.1) is 11.3 Å². The number of benzene rings is 1. The Balaban J connectivity index is 1.59. The van der Waals surface area contributed by atoms with Gasteiger partial charge in [-0.3, -0.25) is 0 Å². The van der Waals surface area contributed by atoms with Gasteiger partial charge in [0.05, 0.1) is 16.1 Å². The Morgan fingerprint density at radius 1 is 1.11 bits per heavy atom. The van der Waals surface area contributed by atoms with Gasteiger partial charge in [-0.05, 0) is 51.1 Å². The number of aromatic nitrogens is 2. The first kappa shape index (κ1) is 18.9. The Morgan fingerprint density at radius 2 is 1.86 bits per heavy atom. The number of hydrogen-bond acceptors (Lipinski definition) is 5. The van der Waals surface area contributed by atoms with Crippen LogP contribution in [0.2, 0.25) is 0 Å². The molecule has 0 aliphatic carbocycles. The van der Waals surface area contributed by atoms with Crippen LogP contribution in [0.3, 0.4) is 0 Å². The van der Waals surface area contributed by atoms with Crippen molar-refractivity contribution in [2.75, 3.05) is 13.1 Å². The third-order valence-electron chi connectivity index (χ3n) is 4.91. The highest BCUT2D eigenvalue weighted by molar-refractivity contribution is 7.13. The van der Waals surface area contributed by atoms with E-state index in [0.29, 0.717) is 19.0 Å². The molecule has 0 saturated carbocycles. The average molecular weight is 396 g/mol. The van der Waals surface area contributed by atoms with Gasteiger partial charge < -0.3 is 9.64 Å². The lowest BCUT2D eigenvalue weighted by Gasteiger charge is -2.33. The number of thiophene rings is 1. The molecular weight excluding hydrogens is 370 g/mol. The Hall–Kier alpha value is -2.47. The lowest BCUT2D eigenvalue weighted by Crippen LogP contribution is -2.41. The van der Waals surface area contributed by atoms with Crippen LogP contribution < -0.4 is 0 Å². The molecule has 0 atom stereocenters. The van der Waals surface area contributed by atoms with Crippen LogP contribution in [0.15, 0.2) is 41.8 Å². The molecule has 0 radical (unpaired) electrons. The fourth-order valence-corrected chi connectivity index (χ4v) is 4.25. The maximum absolute atomic E-state index is 12.4. The molecule has 0 unspecified atom stereocenters. The zero-order chi connectivity index (χ0) is 19.7. The van der Waals surface area contributed by atoms with Crippen molar-refractivity contribution in [1.82, 2.24) is 14.9 Å². The summed E-state index contributed by atoms with van der Waals surface area (Å²) in [5.74, 6) is 1.10. The first-order valence-corrected chi connectivity index (χ1v) is 10.6. The van der Waals surface area contributed by atoms with E-state index in [1.807, 2.05) is 55.3 Å². The zero-order valence-electron chi connectivity index (χ0n) is 16.5. The SMILES string of the molecule is CC(C)(C)OC(=O)N1CCC(c2nc(-c3cccs3)nc3ccccc23)CC1. The maximum Gasteiger partial charge on any atom is 0.410 e. The summed E-state index contributed by atoms with van der Waals surface area (Å²) in [6.45, 7) is 7.07. The third-order valence-corrected chi connectivity index (χ3v) is 5.77. The standard InChI is InChI=1S/C22H25N3O2S/c1-22(2,3)27-21(26)25-12-10-15(11-13-25)19-16-7-4-5-8-17(16)23-20(24-19)18-9-6-14-28-18/h4-9,14-15H,10-13H2,1-3H3. The van der Waals surface area contributed by atoms with Crippen LogP contribution in [0.25, 0.3) is 21.6 Å². The second-order valence-electron chi connectivity index (χ2n) is 8.17. The van der Waals surface area contributed by atoms with Crippen molar-refractivity contribution >= 4 is 28.3 Å². The monoisotopic (exact) mass is 395 g/mol. The van der Waals surface area contributed by atoms with Crippen molar-refractivity contribution in [3.63, 3.8) is 0 Å². The van der Waals surface area contributed by atoms with Crippen molar-refractivity contribution in [2.45, 2.75) is 45.1 Å². The average Bonchev–Trinajstić information content (AvgIpc) is 3.21. The minimum Gasteiger partial charge on any atom is -0.444 e. The molecule has 3 heterocycles. The number of ether oxygens (including phenoxy) is 1. The molecule has 0 bridgehead atoms. The summed E-state index contributed by atoms with van der Waals surface area (Å²) in [5, 5.41) is 3.16. The predicted octanol–water partition coefficient (Wildman–Crippen LogP) is 5.47. The summed E-state index contributed by atoms with van der Waals surface area (Å²) in [6.07, 6.45) is 1.53. The topological polar surface area (TPSA) is 55.3 Å². The summed E-state index contributed by atoms with van der Waals surface area (Å²) >= 11 is 1.66. The Morgan fingerprint density at radius 3 is 2.54 bits per heavy atom. The number of amides is 1. The van der Waals surface area contributed by atoms with Crippen molar-refractivity contribution in [1.29, 1.82) is 0 Å². The van der Waals surface area contributed by atoms with E-state index in [4.69, 9.17) is 14.7 Å². The number of hydrogen-bond donors (Lipinski definition) is 0. The van der Waals surface area contributed by atoms with Crippen LogP contribution in [0.1, 0.15) is 45.2 Å². The molecule has 6 heteroatoms. The predicted molar refractivity (Wildman–Crippen MR) is 113 cm³/mol. The van der Waals surface area contributed by atoms with E-state index in [2.05, 4.69) is 12.1 Å². The second-order valence-corrected chi connectivity index (χ2v) is 9.12. The molecule has 146 valence electrons. The second kappa shape index (κ2) is 7.51. The van der Waals surface area contributed by atoms with Gasteiger partial charge in [0, 0.05) is 24.4 Å². The van der Waals surface area contributed by atoms with Crippen LogP contribution in [0.4, 0.5) is 4.79 Å². The van der Waals surface area contributed by atoms with Crippen LogP contribution in [0, 0.1) is 0 Å². The van der Waals surface area contributed by atoms with Gasteiger partial charge in [0.25, 0.3) is 0 Å². The van der Waals surface area contributed by atoms with Crippen molar-refractivity contribution in [3.8, 4) is 10.7 Å². The number of para-hydroxylation sites is 1. The Labute approximate surface area is 169 Å². The molecule has 1 aromatic carbocycles. The van der Waals surface area contributed by atoms with Gasteiger partial charge in [-0.2, -0.15) is 0 Å². The quantitative estimate of drug-likeness (QED) is 0.577. The minimum absolute atomic E-state index is 0.224. The summed E-state index contributed by atoms with van der Waals surface area (Å²) in [7, 11) is 0. The number of carbonyl (C=O) groups excluding carboxylic acids is 1. The summed E-state index contributed by atoms with van der Waals surface area (Å²) in [5.41, 5.74) is 1.61. The van der Waals surface area contributed by atoms with E-state index >= 15 is 0 Å². The molecular formula is C22H25N3O2S. The fourth-order valence-electron chi connectivity index (χ4n) is 3.59. The lowest BCUT2D eigenvalue weighted by atomic mass is 9.91. The van der Waals surface area contributed by atoms with E-state index in [0.717, 1.165) is 40.1 Å². The van der Waals surface area contributed by atoms with Crippen molar-refractivity contribution in [3.05, 3.63) is 47.5 Å². The molecule has 2 aromatic heterocycles. The number of rotatable bonds is 2. The summed E-state index contributed by atoms with van der Waals surface area (Å²) < 4.78 is 5.52. The number of nitrogens with zero attached hydrogens (tertiary/aromatic N) is 3. The Bertz CT molecular complexity index is 971. The largest absolute Gasteiger partial charge is 0.444 e. The van der Waals surface area contributed by atoms with E-state index < -0.39 is 5.60 Å². The highest BCUT2D eigenvalue weighted by Crippen LogP contribution is 2.34. The molecule has 0 spiro atoms. The maximum atomic E-state index is 12.4. The van der Waals surface area contributed by atoms with Crippen LogP contribution in [-0.4, -0.2) is 39.7 Å². The zero-order valence-corrected chi connectivity index (χ0v) is 17.3. The summed E-state index contributed by atoms with van der Waals surface area (Å²) in [6, 6.07) is 12.3. The van der Waals surface area contributed by atoms with Gasteiger partial charge >= 0.3 is 6.09 Å². The normalized spacial score (nSPS) is 15.8. The van der Waals surface area contributed by atoms with Gasteiger partial charge in [0.15, 0.2) is 5.82 Å². The fraction of sp³-hybridized carbons (Fsp3) is 0.409. The third kappa shape index (κ3) is 4.02. The molecule has 1 fully saturated rings. The van der Waals surface area contributed by atoms with Crippen molar-refractivity contribution < 1.29 is 9.53 Å². The van der Waals surface area contributed by atoms with E-state index in [-0.39, 0.29) is 6.09 Å². The Kier molecular flexibility index (Phi) is 5.06. The highest BCUT2D eigenvalue weighted by atomic mass is 32.1. The van der Waals surface area contributed by atoms with Gasteiger partial charge in [0.1, 0.15) is 5.60 Å². The van der Waals surface area contributed by atoms with E-state index in [9.17, 15) is 4.79 Å². The number of piperidine rings is 1. The van der Waals surface area contributed by atoms with Crippen molar-refractivity contribution in [2.24, 2.45) is 0 Å². The van der Waals surface area contributed by atoms with Crippen LogP contribution >= 0.6 is 11.3 Å². The van der Waals surface area contributed by atoms with Gasteiger partial charge in [-0.25, -0.2) is 14.8 Å². The van der Waals surface area contributed by atoms with E-state index in [1.54, 1.807) is 11.3 Å². The van der Waals surface area contributed by atoms with Gasteiger partial charge in [0.2, 0.25) is 0 Å². The first-order chi connectivity index (χ1) is 13.4. The smallest absolute Gasteiger partial charge is 0.410 e. The molecule has 3 aromatic rings. The van der Waals surface area contributed by atoms with E-state index in [1.165, 1.54) is 0 Å². The highest BCUT2D eigenvalue weighted by Gasteiger charge is 2.29.